The monoisotopic (exact) mass is 313 g/mol. The molecule has 11 nitrogen and oxygen atoms in total. The van der Waals surface area contributed by atoms with E-state index in [9.17, 15) is 4.79 Å². The van der Waals surface area contributed by atoms with Crippen LogP contribution in [-0.4, -0.2) is 42.4 Å². The third-order valence-electron chi connectivity index (χ3n) is 2.86. The lowest BCUT2D eigenvalue weighted by Gasteiger charge is -1.99. The molecule has 0 aliphatic carbocycles. The van der Waals surface area contributed by atoms with Crippen molar-refractivity contribution in [3.05, 3.63) is 41.5 Å². The molecule has 1 amide bonds. The third-order valence-corrected chi connectivity index (χ3v) is 2.86. The molecule has 0 bridgehead atoms. The molecule has 11 heteroatoms. The van der Waals surface area contributed by atoms with Crippen molar-refractivity contribution in [1.29, 1.82) is 0 Å². The standard InChI is InChI=1S/C12H11N9O2/c1-7-9(16-20-21(7)11-10(13)18-23-19-11)12(22)17-15-6-8-4-2-3-5-14-8/h2-6H,1H3,(H2,13,18)(H,17,22)/b15-6-. The average Bonchev–Trinajstić information content (AvgIpc) is 3.14. The highest BCUT2D eigenvalue weighted by molar-refractivity contribution is 5.93. The van der Waals surface area contributed by atoms with Gasteiger partial charge in [0.2, 0.25) is 11.6 Å². The largest absolute Gasteiger partial charge is 0.378 e. The van der Waals surface area contributed by atoms with Crippen molar-refractivity contribution in [1.82, 2.24) is 35.7 Å². The van der Waals surface area contributed by atoms with Crippen LogP contribution in [0.5, 0.6) is 0 Å². The zero-order chi connectivity index (χ0) is 16.2. The first-order valence-corrected chi connectivity index (χ1v) is 6.42. The fourth-order valence-corrected chi connectivity index (χ4v) is 1.74. The second-order valence-electron chi connectivity index (χ2n) is 4.36. The van der Waals surface area contributed by atoms with Gasteiger partial charge in [-0.05, 0) is 29.4 Å². The van der Waals surface area contributed by atoms with Crippen molar-refractivity contribution >= 4 is 17.9 Å². The van der Waals surface area contributed by atoms with Crippen LogP contribution in [-0.2, 0) is 0 Å². The minimum atomic E-state index is -0.532. The number of carbonyl (C=O) groups excluding carboxylic acids is 1. The summed E-state index contributed by atoms with van der Waals surface area (Å²) < 4.78 is 5.75. The van der Waals surface area contributed by atoms with Gasteiger partial charge in [0.25, 0.3) is 5.91 Å². The second-order valence-corrected chi connectivity index (χ2v) is 4.36. The van der Waals surface area contributed by atoms with Crippen molar-refractivity contribution in [2.24, 2.45) is 5.10 Å². The Morgan fingerprint density at radius 3 is 3.00 bits per heavy atom. The van der Waals surface area contributed by atoms with Crippen LogP contribution in [0.15, 0.2) is 34.1 Å². The van der Waals surface area contributed by atoms with Gasteiger partial charge < -0.3 is 5.73 Å². The minimum absolute atomic E-state index is 0.0399. The van der Waals surface area contributed by atoms with Gasteiger partial charge in [-0.3, -0.25) is 9.78 Å². The summed E-state index contributed by atoms with van der Waals surface area (Å²) in [6.07, 6.45) is 3.03. The summed E-state index contributed by atoms with van der Waals surface area (Å²) in [5, 5.41) is 18.4. The van der Waals surface area contributed by atoms with Crippen LogP contribution >= 0.6 is 0 Å². The van der Waals surface area contributed by atoms with Gasteiger partial charge in [-0.1, -0.05) is 11.3 Å². The fraction of sp³-hybridized carbons (Fsp3) is 0.0833. The second kappa shape index (κ2) is 6.01. The molecular formula is C12H11N9O2. The van der Waals surface area contributed by atoms with Crippen LogP contribution in [0.2, 0.25) is 0 Å². The van der Waals surface area contributed by atoms with Crippen LogP contribution < -0.4 is 11.2 Å². The Morgan fingerprint density at radius 1 is 1.43 bits per heavy atom. The molecule has 0 saturated heterocycles. The lowest BCUT2D eigenvalue weighted by Crippen LogP contribution is -2.19. The van der Waals surface area contributed by atoms with Crippen LogP contribution in [0, 0.1) is 6.92 Å². The molecule has 0 unspecified atom stereocenters. The van der Waals surface area contributed by atoms with Gasteiger partial charge in [-0.2, -0.15) is 9.78 Å². The van der Waals surface area contributed by atoms with Crippen molar-refractivity contribution in [3.63, 3.8) is 0 Å². The summed E-state index contributed by atoms with van der Waals surface area (Å²) in [6, 6.07) is 5.34. The van der Waals surface area contributed by atoms with E-state index in [0.29, 0.717) is 11.4 Å². The molecule has 0 aliphatic heterocycles. The minimum Gasteiger partial charge on any atom is -0.378 e. The van der Waals surface area contributed by atoms with E-state index in [2.05, 4.69) is 40.8 Å². The zero-order valence-corrected chi connectivity index (χ0v) is 11.9. The highest BCUT2D eigenvalue weighted by atomic mass is 16.6. The molecule has 0 fully saturated rings. The fourth-order valence-electron chi connectivity index (χ4n) is 1.74. The Labute approximate surface area is 129 Å². The summed E-state index contributed by atoms with van der Waals surface area (Å²) in [4.78, 5) is 16.1. The number of carbonyl (C=O) groups is 1. The zero-order valence-electron chi connectivity index (χ0n) is 11.9. The van der Waals surface area contributed by atoms with E-state index >= 15 is 0 Å². The molecule has 0 aliphatic rings. The van der Waals surface area contributed by atoms with E-state index in [1.54, 1.807) is 25.3 Å². The van der Waals surface area contributed by atoms with E-state index < -0.39 is 5.91 Å². The SMILES string of the molecule is Cc1c(C(=O)N/N=C\c2ccccn2)nnn1-c1nonc1N. The van der Waals surface area contributed by atoms with Crippen LogP contribution in [0.3, 0.4) is 0 Å². The maximum absolute atomic E-state index is 12.1. The number of aromatic nitrogens is 6. The Hall–Kier alpha value is -3.63. The van der Waals surface area contributed by atoms with Gasteiger partial charge in [0.15, 0.2) is 5.69 Å². The number of hydrogen-bond donors (Lipinski definition) is 2. The molecule has 3 aromatic heterocycles. The maximum Gasteiger partial charge on any atom is 0.293 e. The molecule has 3 rings (SSSR count). The Bertz CT molecular complexity index is 853. The van der Waals surface area contributed by atoms with E-state index in [-0.39, 0.29) is 17.3 Å². The molecule has 0 aromatic carbocycles. The Kier molecular flexibility index (Phi) is 3.74. The van der Waals surface area contributed by atoms with Crippen LogP contribution in [0.25, 0.3) is 5.82 Å². The number of rotatable bonds is 4. The molecule has 0 saturated carbocycles. The van der Waals surface area contributed by atoms with Crippen LogP contribution in [0.4, 0.5) is 5.82 Å². The number of pyridine rings is 1. The summed E-state index contributed by atoms with van der Waals surface area (Å²) in [5.41, 5.74) is 9.03. The summed E-state index contributed by atoms with van der Waals surface area (Å²) >= 11 is 0. The van der Waals surface area contributed by atoms with Gasteiger partial charge in [0.05, 0.1) is 17.6 Å². The van der Waals surface area contributed by atoms with E-state index in [0.717, 1.165) is 0 Å². The Morgan fingerprint density at radius 2 is 2.30 bits per heavy atom. The van der Waals surface area contributed by atoms with E-state index in [1.807, 2.05) is 6.07 Å². The van der Waals surface area contributed by atoms with Crippen molar-refractivity contribution in [2.75, 3.05) is 5.73 Å². The van der Waals surface area contributed by atoms with E-state index in [4.69, 9.17) is 5.73 Å². The summed E-state index contributed by atoms with van der Waals surface area (Å²) in [5.74, 6) is -0.333. The number of nitrogens with zero attached hydrogens (tertiary/aromatic N) is 7. The lowest BCUT2D eigenvalue weighted by atomic mass is 10.3. The van der Waals surface area contributed by atoms with Crippen LogP contribution in [0.1, 0.15) is 21.9 Å². The van der Waals surface area contributed by atoms with Crippen molar-refractivity contribution in [3.8, 4) is 5.82 Å². The molecule has 3 N–H and O–H groups in total. The van der Waals surface area contributed by atoms with Gasteiger partial charge in [0, 0.05) is 6.20 Å². The summed E-state index contributed by atoms with van der Waals surface area (Å²) in [6.45, 7) is 1.63. The normalized spacial score (nSPS) is 11.0. The number of amides is 1. The third kappa shape index (κ3) is 2.88. The first kappa shape index (κ1) is 14.3. The van der Waals surface area contributed by atoms with Crippen molar-refractivity contribution < 1.29 is 9.42 Å². The first-order valence-electron chi connectivity index (χ1n) is 6.42. The predicted molar refractivity (Wildman–Crippen MR) is 77.7 cm³/mol. The number of hydrazone groups is 1. The molecule has 23 heavy (non-hydrogen) atoms. The molecule has 3 aromatic rings. The van der Waals surface area contributed by atoms with Gasteiger partial charge in [-0.25, -0.2) is 10.1 Å². The average molecular weight is 313 g/mol. The highest BCUT2D eigenvalue weighted by Crippen LogP contribution is 2.14. The molecule has 0 atom stereocenters. The molecule has 3 heterocycles. The topological polar surface area (TPSA) is 150 Å². The lowest BCUT2D eigenvalue weighted by molar-refractivity contribution is 0.0949. The Balaban J connectivity index is 1.75. The number of nitrogen functional groups attached to an aromatic ring is 1. The molecule has 0 radical (unpaired) electrons. The maximum atomic E-state index is 12.1. The van der Waals surface area contributed by atoms with Gasteiger partial charge in [0.1, 0.15) is 0 Å². The molecular weight excluding hydrogens is 302 g/mol. The smallest absolute Gasteiger partial charge is 0.293 e. The number of nitrogens with two attached hydrogens (primary N) is 1. The quantitative estimate of drug-likeness (QED) is 0.492. The predicted octanol–water partition coefficient (Wildman–Crippen LogP) is -0.300. The van der Waals surface area contributed by atoms with E-state index in [1.165, 1.54) is 10.9 Å². The number of anilines is 1. The molecule has 0 spiro atoms. The molecule has 116 valence electrons. The summed E-state index contributed by atoms with van der Waals surface area (Å²) in [7, 11) is 0. The first-order chi connectivity index (χ1) is 11.2. The number of nitrogens with one attached hydrogen (secondary N) is 1. The van der Waals surface area contributed by atoms with Gasteiger partial charge in [-0.15, -0.1) is 5.10 Å². The highest BCUT2D eigenvalue weighted by Gasteiger charge is 2.20. The van der Waals surface area contributed by atoms with Crippen molar-refractivity contribution in [2.45, 2.75) is 6.92 Å². The number of hydrogen-bond acceptors (Lipinski definition) is 9. The van der Waals surface area contributed by atoms with Gasteiger partial charge >= 0.3 is 0 Å².